The average molecular weight is 215 g/mol. The van der Waals surface area contributed by atoms with Crippen molar-refractivity contribution in [3.8, 4) is 0 Å². The monoisotopic (exact) mass is 215 g/mol. The fourth-order valence-electron chi connectivity index (χ4n) is 1.23. The summed E-state index contributed by atoms with van der Waals surface area (Å²) in [6.07, 6.45) is 1.20. The van der Waals surface area contributed by atoms with Gasteiger partial charge in [-0.2, -0.15) is 0 Å². The highest BCUT2D eigenvalue weighted by Gasteiger charge is 2.17. The minimum atomic E-state index is 0.641. The van der Waals surface area contributed by atoms with Crippen molar-refractivity contribution in [2.45, 2.75) is 26.3 Å². The van der Waals surface area contributed by atoms with E-state index >= 15 is 0 Å². The van der Waals surface area contributed by atoms with E-state index in [1.165, 1.54) is 12.2 Å². The maximum Gasteiger partial charge on any atom is 0.156 e. The van der Waals surface area contributed by atoms with Gasteiger partial charge >= 0.3 is 0 Å². The highest BCUT2D eigenvalue weighted by atomic mass is 32.2. The van der Waals surface area contributed by atoms with Gasteiger partial charge in [0.2, 0.25) is 0 Å². The molecule has 1 atom stereocenters. The Bertz CT molecular complexity index is 194. The van der Waals surface area contributed by atoms with Crippen LogP contribution in [0.3, 0.4) is 0 Å². The summed E-state index contributed by atoms with van der Waals surface area (Å²) < 4.78 is 0. The van der Waals surface area contributed by atoms with E-state index in [1.54, 1.807) is 0 Å². The van der Waals surface area contributed by atoms with Crippen LogP contribution in [0.4, 0.5) is 0 Å². The zero-order valence-corrected chi connectivity index (χ0v) is 10.2. The van der Waals surface area contributed by atoms with Crippen LogP contribution in [-0.2, 0) is 0 Å². The quantitative estimate of drug-likeness (QED) is 0.751. The van der Waals surface area contributed by atoms with E-state index in [2.05, 4.69) is 36.1 Å². The Morgan fingerprint density at radius 2 is 2.36 bits per heavy atom. The first-order valence-corrected chi connectivity index (χ1v) is 6.37. The highest BCUT2D eigenvalue weighted by molar-refractivity contribution is 8.14. The van der Waals surface area contributed by atoms with Gasteiger partial charge in [-0.1, -0.05) is 25.6 Å². The third-order valence-electron chi connectivity index (χ3n) is 2.52. The maximum absolute atomic E-state index is 4.54. The summed E-state index contributed by atoms with van der Waals surface area (Å²) in [7, 11) is 2.13. The van der Waals surface area contributed by atoms with Crippen LogP contribution >= 0.6 is 11.8 Å². The van der Waals surface area contributed by atoms with Crippen LogP contribution < -0.4 is 5.32 Å². The van der Waals surface area contributed by atoms with E-state index in [0.29, 0.717) is 6.04 Å². The number of hydrogen-bond donors (Lipinski definition) is 1. The Balaban J connectivity index is 2.19. The fourth-order valence-corrected chi connectivity index (χ4v) is 2.34. The smallest absolute Gasteiger partial charge is 0.156 e. The number of thioether (sulfide) groups is 1. The number of amidine groups is 1. The number of nitrogens with zero attached hydrogens (tertiary/aromatic N) is 2. The summed E-state index contributed by atoms with van der Waals surface area (Å²) >= 11 is 1.85. The van der Waals surface area contributed by atoms with Crippen molar-refractivity contribution in [3.63, 3.8) is 0 Å². The lowest BCUT2D eigenvalue weighted by Gasteiger charge is -2.11. The molecule has 1 aliphatic heterocycles. The van der Waals surface area contributed by atoms with E-state index in [0.717, 1.165) is 24.8 Å². The number of hydrogen-bond acceptors (Lipinski definition) is 3. The van der Waals surface area contributed by atoms with Gasteiger partial charge in [-0.3, -0.25) is 4.99 Å². The third kappa shape index (κ3) is 3.88. The second-order valence-corrected chi connectivity index (χ2v) is 4.65. The molecule has 0 spiro atoms. The summed E-state index contributed by atoms with van der Waals surface area (Å²) in [5.41, 5.74) is 0. The van der Waals surface area contributed by atoms with E-state index < -0.39 is 0 Å². The van der Waals surface area contributed by atoms with Crippen LogP contribution in [0.15, 0.2) is 4.99 Å². The molecule has 1 aliphatic rings. The topological polar surface area (TPSA) is 27.6 Å². The van der Waals surface area contributed by atoms with Crippen molar-refractivity contribution >= 4 is 16.9 Å². The Kier molecular flexibility index (Phi) is 5.33. The molecular weight excluding hydrogens is 194 g/mol. The Labute approximate surface area is 91.3 Å². The van der Waals surface area contributed by atoms with Gasteiger partial charge < -0.3 is 10.2 Å². The van der Waals surface area contributed by atoms with Gasteiger partial charge in [0.1, 0.15) is 0 Å². The summed E-state index contributed by atoms with van der Waals surface area (Å²) in [5.74, 6) is 1.18. The molecular formula is C10H21N3S. The van der Waals surface area contributed by atoms with Crippen LogP contribution in [0, 0.1) is 0 Å². The molecule has 3 nitrogen and oxygen atoms in total. The van der Waals surface area contributed by atoms with Crippen molar-refractivity contribution < 1.29 is 0 Å². The normalized spacial score (nSPS) is 24.6. The first-order chi connectivity index (χ1) is 6.76. The number of likely N-dealkylation sites (N-methyl/N-ethyl adjacent to an activating group) is 1. The molecule has 1 rings (SSSR count). The molecule has 0 bridgehead atoms. The van der Waals surface area contributed by atoms with Gasteiger partial charge in [0.05, 0.1) is 6.54 Å². The zero-order valence-electron chi connectivity index (χ0n) is 9.42. The molecule has 1 fully saturated rings. The van der Waals surface area contributed by atoms with Crippen molar-refractivity contribution in [2.75, 3.05) is 32.4 Å². The summed E-state index contributed by atoms with van der Waals surface area (Å²) in [5, 5.41) is 4.57. The SMILES string of the molecule is CCC1CSC(=NCCN(C)CC)N1. The first kappa shape index (κ1) is 11.9. The molecule has 82 valence electrons. The van der Waals surface area contributed by atoms with Crippen LogP contribution in [0.2, 0.25) is 0 Å². The zero-order chi connectivity index (χ0) is 10.4. The molecule has 0 aliphatic carbocycles. The van der Waals surface area contributed by atoms with Gasteiger partial charge in [0, 0.05) is 18.3 Å². The molecule has 1 saturated heterocycles. The summed E-state index contributed by atoms with van der Waals surface area (Å²) in [4.78, 5) is 6.81. The largest absolute Gasteiger partial charge is 0.361 e. The Morgan fingerprint density at radius 1 is 1.57 bits per heavy atom. The van der Waals surface area contributed by atoms with Crippen LogP contribution in [0.5, 0.6) is 0 Å². The Morgan fingerprint density at radius 3 is 2.93 bits per heavy atom. The van der Waals surface area contributed by atoms with E-state index in [4.69, 9.17) is 0 Å². The highest BCUT2D eigenvalue weighted by Crippen LogP contribution is 2.15. The second kappa shape index (κ2) is 6.30. The lowest BCUT2D eigenvalue weighted by Crippen LogP contribution is -2.27. The van der Waals surface area contributed by atoms with Gasteiger partial charge in [-0.15, -0.1) is 0 Å². The van der Waals surface area contributed by atoms with Gasteiger partial charge in [-0.05, 0) is 20.0 Å². The molecule has 0 saturated carbocycles. The summed E-state index contributed by atoms with van der Waals surface area (Å²) in [6, 6.07) is 0.641. The minimum Gasteiger partial charge on any atom is -0.361 e. The van der Waals surface area contributed by atoms with Crippen molar-refractivity contribution in [1.29, 1.82) is 0 Å². The lowest BCUT2D eigenvalue weighted by atomic mass is 10.3. The maximum atomic E-state index is 4.54. The Hall–Kier alpha value is -0.220. The predicted octanol–water partition coefficient (Wildman–Crippen LogP) is 1.41. The van der Waals surface area contributed by atoms with Gasteiger partial charge in [0.15, 0.2) is 5.17 Å². The lowest BCUT2D eigenvalue weighted by molar-refractivity contribution is 0.363. The third-order valence-corrected chi connectivity index (χ3v) is 3.61. The molecule has 1 heterocycles. The van der Waals surface area contributed by atoms with Gasteiger partial charge in [0.25, 0.3) is 0 Å². The molecule has 0 aromatic carbocycles. The summed E-state index contributed by atoms with van der Waals surface area (Å²) in [6.45, 7) is 7.45. The van der Waals surface area contributed by atoms with E-state index in [1.807, 2.05) is 11.8 Å². The first-order valence-electron chi connectivity index (χ1n) is 5.38. The molecule has 1 N–H and O–H groups in total. The van der Waals surface area contributed by atoms with Crippen molar-refractivity contribution in [3.05, 3.63) is 0 Å². The van der Waals surface area contributed by atoms with Crippen LogP contribution in [0.1, 0.15) is 20.3 Å². The molecule has 4 heteroatoms. The fraction of sp³-hybridized carbons (Fsp3) is 0.900. The number of nitrogens with one attached hydrogen (secondary N) is 1. The molecule has 1 unspecified atom stereocenters. The number of rotatable bonds is 5. The molecule has 14 heavy (non-hydrogen) atoms. The van der Waals surface area contributed by atoms with Gasteiger partial charge in [-0.25, -0.2) is 0 Å². The molecule has 0 aromatic rings. The van der Waals surface area contributed by atoms with E-state index in [9.17, 15) is 0 Å². The molecule has 0 radical (unpaired) electrons. The minimum absolute atomic E-state index is 0.641. The average Bonchev–Trinajstić information content (AvgIpc) is 2.65. The van der Waals surface area contributed by atoms with Crippen molar-refractivity contribution in [1.82, 2.24) is 10.2 Å². The van der Waals surface area contributed by atoms with Crippen LogP contribution in [-0.4, -0.2) is 48.5 Å². The van der Waals surface area contributed by atoms with Crippen LogP contribution in [0.25, 0.3) is 0 Å². The molecule has 0 aromatic heterocycles. The standard InChI is InChI=1S/C10H21N3S/c1-4-9-8-14-10(12-9)11-6-7-13(3)5-2/h9H,4-8H2,1-3H3,(H,11,12). The van der Waals surface area contributed by atoms with Crippen molar-refractivity contribution in [2.24, 2.45) is 4.99 Å². The second-order valence-electron chi connectivity index (χ2n) is 3.64. The molecule has 0 amide bonds. The number of aliphatic imine (C=N–C) groups is 1. The predicted molar refractivity (Wildman–Crippen MR) is 65.1 cm³/mol. The van der Waals surface area contributed by atoms with E-state index in [-0.39, 0.29) is 0 Å².